The van der Waals surface area contributed by atoms with Gasteiger partial charge in [0.25, 0.3) is 0 Å². The largest absolute Gasteiger partial charge is 0.389 e. The monoisotopic (exact) mass is 259 g/mol. The highest BCUT2D eigenvalue weighted by Gasteiger charge is 2.17. The molecule has 4 heteroatoms. The molecule has 0 saturated carbocycles. The highest BCUT2D eigenvalue weighted by atomic mass is 19.2. The topological polar surface area (TPSA) is 20.2 Å². The number of hydrogen-bond donors (Lipinski definition) is 1. The van der Waals surface area contributed by atoms with Crippen molar-refractivity contribution >= 4 is 12.7 Å². The number of rotatable bonds is 3. The van der Waals surface area contributed by atoms with Gasteiger partial charge in [-0.3, -0.25) is 0 Å². The van der Waals surface area contributed by atoms with E-state index in [4.69, 9.17) is 0 Å². The van der Waals surface area contributed by atoms with Gasteiger partial charge in [0, 0.05) is 11.1 Å². The fourth-order valence-corrected chi connectivity index (χ4v) is 1.97. The van der Waals surface area contributed by atoms with E-state index in [-0.39, 0.29) is 11.1 Å². The molecule has 1 radical (unpaired) electrons. The van der Waals surface area contributed by atoms with Gasteiger partial charge in [0.05, 0.1) is 6.10 Å². The normalized spacial score (nSPS) is 12.3. The molecule has 0 bridgehead atoms. The van der Waals surface area contributed by atoms with E-state index in [9.17, 15) is 13.9 Å². The molecule has 0 aliphatic carbocycles. The second kappa shape index (κ2) is 5.53. The molecule has 0 saturated heterocycles. The molecular weight excluding hydrogens is 245 g/mol. The molecule has 0 heterocycles. The van der Waals surface area contributed by atoms with Crippen LogP contribution in [0.5, 0.6) is 0 Å². The Morgan fingerprint density at radius 2 is 1.63 bits per heavy atom. The first-order valence-electron chi connectivity index (χ1n) is 6.10. The first-order valence-corrected chi connectivity index (χ1v) is 6.10. The Balaban J connectivity index is 2.48. The van der Waals surface area contributed by atoms with Crippen molar-refractivity contribution in [1.82, 2.24) is 0 Å². The zero-order valence-electron chi connectivity index (χ0n) is 10.8. The third-order valence-electron chi connectivity index (χ3n) is 3.12. The van der Waals surface area contributed by atoms with Gasteiger partial charge in [-0.15, -0.1) is 0 Å². The summed E-state index contributed by atoms with van der Waals surface area (Å²) in [4.78, 5) is 0. The molecule has 0 aromatic heterocycles. The van der Waals surface area contributed by atoms with Crippen LogP contribution in [0.4, 0.5) is 8.78 Å². The second-order valence-electron chi connectivity index (χ2n) is 4.42. The fraction of sp³-hybridized carbons (Fsp3) is 0.200. The predicted octanol–water partition coefficient (Wildman–Crippen LogP) is 3.06. The van der Waals surface area contributed by atoms with Crippen LogP contribution in [-0.4, -0.2) is 12.4 Å². The molecule has 0 fully saturated rings. The Kier molecular flexibility index (Phi) is 4.00. The minimum Gasteiger partial charge on any atom is -0.389 e. The van der Waals surface area contributed by atoms with Gasteiger partial charge in [-0.1, -0.05) is 48.7 Å². The maximum atomic E-state index is 14.0. The molecule has 0 aliphatic rings. The molecule has 2 aromatic rings. The summed E-state index contributed by atoms with van der Waals surface area (Å²) in [5.74, 6) is -1.91. The van der Waals surface area contributed by atoms with Crippen LogP contribution in [0.2, 0.25) is 6.82 Å². The minimum atomic E-state index is -1.03. The number of benzene rings is 2. The molecule has 1 N–H and O–H groups in total. The highest BCUT2D eigenvalue weighted by molar-refractivity contribution is 6.51. The Morgan fingerprint density at radius 1 is 1.00 bits per heavy atom. The van der Waals surface area contributed by atoms with Gasteiger partial charge in [-0.05, 0) is 12.5 Å². The van der Waals surface area contributed by atoms with Gasteiger partial charge in [-0.2, -0.15) is 0 Å². The van der Waals surface area contributed by atoms with Crippen LogP contribution in [0.1, 0.15) is 18.6 Å². The molecule has 1 nitrogen and oxygen atoms in total. The lowest BCUT2D eigenvalue weighted by Crippen LogP contribution is -2.09. The van der Waals surface area contributed by atoms with Gasteiger partial charge >= 0.3 is 0 Å². The van der Waals surface area contributed by atoms with Gasteiger partial charge in [-0.25, -0.2) is 8.78 Å². The van der Waals surface area contributed by atoms with Crippen LogP contribution in [-0.2, 0) is 0 Å². The molecule has 2 aromatic carbocycles. The van der Waals surface area contributed by atoms with E-state index in [1.54, 1.807) is 12.1 Å². The summed E-state index contributed by atoms with van der Waals surface area (Å²) in [5, 5.41) is 9.35. The summed E-state index contributed by atoms with van der Waals surface area (Å²) in [6.45, 7) is 3.32. The maximum Gasteiger partial charge on any atom is 0.167 e. The highest BCUT2D eigenvalue weighted by Crippen LogP contribution is 2.28. The second-order valence-corrected chi connectivity index (χ2v) is 4.42. The Hall–Kier alpha value is -1.68. The van der Waals surface area contributed by atoms with Crippen molar-refractivity contribution in [3.05, 3.63) is 53.6 Å². The van der Waals surface area contributed by atoms with Crippen LogP contribution < -0.4 is 5.46 Å². The molecular formula is C15H14BF2O. The van der Waals surface area contributed by atoms with E-state index >= 15 is 0 Å². The number of hydrogen-bond acceptors (Lipinski definition) is 1. The number of halogens is 2. The maximum absolute atomic E-state index is 14.0. The van der Waals surface area contributed by atoms with Gasteiger partial charge < -0.3 is 5.11 Å². The molecule has 0 aliphatic heterocycles. The molecule has 97 valence electrons. The minimum absolute atomic E-state index is 0.0280. The molecule has 19 heavy (non-hydrogen) atoms. The van der Waals surface area contributed by atoms with E-state index in [1.165, 1.54) is 19.1 Å². The first kappa shape index (κ1) is 13.7. The van der Waals surface area contributed by atoms with Crippen LogP contribution >= 0.6 is 0 Å². The zero-order chi connectivity index (χ0) is 14.0. The van der Waals surface area contributed by atoms with Crippen molar-refractivity contribution in [2.24, 2.45) is 0 Å². The lowest BCUT2D eigenvalue weighted by atomic mass is 9.73. The Bertz CT molecular complexity index is 579. The third kappa shape index (κ3) is 2.68. The van der Waals surface area contributed by atoms with Crippen molar-refractivity contribution in [3.8, 4) is 11.1 Å². The van der Waals surface area contributed by atoms with Crippen LogP contribution in [0.3, 0.4) is 0 Å². The smallest absolute Gasteiger partial charge is 0.167 e. The van der Waals surface area contributed by atoms with Crippen molar-refractivity contribution in [1.29, 1.82) is 0 Å². The SMILES string of the molecule is C[B]c1ccc(-c2ccc(C(C)O)c(F)c2F)cc1. The van der Waals surface area contributed by atoms with Gasteiger partial charge in [0.1, 0.15) is 7.28 Å². The van der Waals surface area contributed by atoms with Crippen molar-refractivity contribution < 1.29 is 13.9 Å². The predicted molar refractivity (Wildman–Crippen MR) is 73.7 cm³/mol. The molecule has 0 spiro atoms. The Labute approximate surface area is 112 Å². The molecule has 1 atom stereocenters. The molecule has 0 amide bonds. The van der Waals surface area contributed by atoms with Crippen LogP contribution in [0.25, 0.3) is 11.1 Å². The van der Waals surface area contributed by atoms with Gasteiger partial charge in [0.15, 0.2) is 11.6 Å². The number of aliphatic hydroxyl groups excluding tert-OH is 1. The van der Waals surface area contributed by atoms with Crippen molar-refractivity contribution in [3.63, 3.8) is 0 Å². The molecule has 1 unspecified atom stereocenters. The summed E-state index contributed by atoms with van der Waals surface area (Å²) in [7, 11) is 1.93. The van der Waals surface area contributed by atoms with Crippen molar-refractivity contribution in [2.45, 2.75) is 19.9 Å². The van der Waals surface area contributed by atoms with E-state index in [1.807, 2.05) is 26.2 Å². The fourth-order valence-electron chi connectivity index (χ4n) is 1.97. The molecule has 2 rings (SSSR count). The summed E-state index contributed by atoms with van der Waals surface area (Å²) >= 11 is 0. The summed E-state index contributed by atoms with van der Waals surface area (Å²) < 4.78 is 27.8. The Morgan fingerprint density at radius 3 is 2.16 bits per heavy atom. The van der Waals surface area contributed by atoms with Gasteiger partial charge in [0.2, 0.25) is 0 Å². The average molecular weight is 259 g/mol. The van der Waals surface area contributed by atoms with Crippen LogP contribution in [0, 0.1) is 11.6 Å². The summed E-state index contributed by atoms with van der Waals surface area (Å²) in [6, 6.07) is 10.1. The van der Waals surface area contributed by atoms with E-state index in [0.717, 1.165) is 5.46 Å². The van der Waals surface area contributed by atoms with Crippen LogP contribution in [0.15, 0.2) is 36.4 Å². The summed E-state index contributed by atoms with van der Waals surface area (Å²) in [5.41, 5.74) is 1.80. The third-order valence-corrected chi connectivity index (χ3v) is 3.12. The lowest BCUT2D eigenvalue weighted by molar-refractivity contribution is 0.193. The standard InChI is InChI=1S/C15H14BF2O/c1-9(19)12-7-8-13(15(18)14(12)17)10-3-5-11(16-2)6-4-10/h3-9,19H,1-2H3. The summed E-state index contributed by atoms with van der Waals surface area (Å²) in [6.07, 6.45) is -1.03. The van der Waals surface area contributed by atoms with E-state index in [0.29, 0.717) is 5.56 Å². The number of aliphatic hydroxyl groups is 1. The quantitative estimate of drug-likeness (QED) is 0.840. The zero-order valence-corrected chi connectivity index (χ0v) is 10.8. The first-order chi connectivity index (χ1) is 9.04. The lowest BCUT2D eigenvalue weighted by Gasteiger charge is -2.11. The average Bonchev–Trinajstić information content (AvgIpc) is 2.41. The van der Waals surface area contributed by atoms with E-state index < -0.39 is 17.7 Å². The van der Waals surface area contributed by atoms with E-state index in [2.05, 4.69) is 0 Å². The van der Waals surface area contributed by atoms with Crippen molar-refractivity contribution in [2.75, 3.05) is 0 Å².